The smallest absolute Gasteiger partial charge is 0.311 e. The number of thiazole rings is 1. The molecular weight excluding hydrogens is 498 g/mol. The van der Waals surface area contributed by atoms with Gasteiger partial charge in [0.15, 0.2) is 22.2 Å². The van der Waals surface area contributed by atoms with Gasteiger partial charge in [0.05, 0.1) is 24.5 Å². The molecule has 9 nitrogen and oxygen atoms in total. The highest BCUT2D eigenvalue weighted by Crippen LogP contribution is 2.35. The third kappa shape index (κ3) is 7.07. The van der Waals surface area contributed by atoms with Gasteiger partial charge >= 0.3 is 5.97 Å². The van der Waals surface area contributed by atoms with E-state index in [1.807, 2.05) is 37.3 Å². The zero-order chi connectivity index (χ0) is 25.3. The normalized spacial score (nSPS) is 14.8. The van der Waals surface area contributed by atoms with Gasteiger partial charge in [-0.25, -0.2) is 4.98 Å². The quantitative estimate of drug-likeness (QED) is 0.266. The van der Waals surface area contributed by atoms with Crippen LogP contribution in [0.5, 0.6) is 5.75 Å². The number of nitrogens with one attached hydrogen (secondary N) is 1. The Hall–Kier alpha value is -2.92. The number of benzene rings is 1. The van der Waals surface area contributed by atoms with E-state index in [9.17, 15) is 9.59 Å². The molecule has 2 heterocycles. The number of rotatable bonds is 11. The van der Waals surface area contributed by atoms with Gasteiger partial charge in [0.1, 0.15) is 5.75 Å². The van der Waals surface area contributed by atoms with E-state index in [-0.39, 0.29) is 30.2 Å². The zero-order valence-electron chi connectivity index (χ0n) is 20.5. The van der Waals surface area contributed by atoms with E-state index in [1.165, 1.54) is 42.4 Å². The fourth-order valence-electron chi connectivity index (χ4n) is 4.19. The third-order valence-corrected chi connectivity index (χ3v) is 7.56. The molecule has 1 N–H and O–H groups in total. The maximum Gasteiger partial charge on any atom is 0.311 e. The minimum Gasteiger partial charge on any atom is -0.483 e. The Morgan fingerprint density at radius 3 is 2.72 bits per heavy atom. The van der Waals surface area contributed by atoms with Crippen molar-refractivity contribution in [3.8, 4) is 5.75 Å². The Bertz CT molecular complexity index is 1140. The van der Waals surface area contributed by atoms with Crippen molar-refractivity contribution in [2.24, 2.45) is 0 Å². The molecule has 3 aromatic rings. The molecule has 0 saturated heterocycles. The molecule has 2 aromatic heterocycles. The summed E-state index contributed by atoms with van der Waals surface area (Å²) in [4.78, 5) is 28.6. The summed E-state index contributed by atoms with van der Waals surface area (Å²) >= 11 is 2.65. The van der Waals surface area contributed by atoms with Gasteiger partial charge in [-0.15, -0.1) is 21.5 Å². The van der Waals surface area contributed by atoms with Gasteiger partial charge in [-0.05, 0) is 38.8 Å². The van der Waals surface area contributed by atoms with E-state index in [0.29, 0.717) is 23.5 Å². The van der Waals surface area contributed by atoms with Gasteiger partial charge in [-0.1, -0.05) is 49.2 Å². The molecule has 0 bridgehead atoms. The number of thioether (sulfide) groups is 1. The zero-order valence-corrected chi connectivity index (χ0v) is 22.1. The van der Waals surface area contributed by atoms with Crippen molar-refractivity contribution in [3.63, 3.8) is 0 Å². The van der Waals surface area contributed by atoms with Crippen LogP contribution in [0.4, 0.5) is 5.13 Å². The first-order chi connectivity index (χ1) is 17.5. The Labute approximate surface area is 219 Å². The standard InChI is InChI=1S/C25H31N5O4S2/c1-3-33-22(32)14-18-15-35-24(26-18)27-21(31)16-36-25-29-28-23(30(25)19-10-6-4-7-11-19)17(2)34-20-12-8-5-9-13-20/h5,8-9,12-13,15,17,19H,3-4,6-7,10-11,14,16H2,1-2H3,(H,26,27,31). The van der Waals surface area contributed by atoms with E-state index < -0.39 is 0 Å². The largest absolute Gasteiger partial charge is 0.483 e. The molecule has 4 rings (SSSR count). The Morgan fingerprint density at radius 2 is 1.97 bits per heavy atom. The predicted octanol–water partition coefficient (Wildman–Crippen LogP) is 5.22. The summed E-state index contributed by atoms with van der Waals surface area (Å²) in [5.74, 6) is 1.20. The Balaban J connectivity index is 1.41. The van der Waals surface area contributed by atoms with Gasteiger partial charge < -0.3 is 14.8 Å². The van der Waals surface area contributed by atoms with Crippen molar-refractivity contribution in [1.29, 1.82) is 0 Å². The van der Waals surface area contributed by atoms with Crippen molar-refractivity contribution in [2.75, 3.05) is 17.7 Å². The number of hydrogen-bond donors (Lipinski definition) is 1. The molecule has 1 amide bonds. The molecule has 36 heavy (non-hydrogen) atoms. The first-order valence-corrected chi connectivity index (χ1v) is 14.1. The number of para-hydroxylation sites is 1. The maximum atomic E-state index is 12.7. The fraction of sp³-hybridized carbons (Fsp3) is 0.480. The lowest BCUT2D eigenvalue weighted by atomic mass is 9.95. The lowest BCUT2D eigenvalue weighted by molar-refractivity contribution is -0.142. The topological polar surface area (TPSA) is 108 Å². The first kappa shape index (κ1) is 26.2. The summed E-state index contributed by atoms with van der Waals surface area (Å²) in [5.41, 5.74) is 0.579. The van der Waals surface area contributed by atoms with Crippen LogP contribution in [0.3, 0.4) is 0 Å². The molecule has 0 aliphatic heterocycles. The van der Waals surface area contributed by atoms with Crippen LogP contribution in [0.25, 0.3) is 0 Å². The molecule has 1 aliphatic carbocycles. The molecule has 0 spiro atoms. The van der Waals surface area contributed by atoms with Crippen LogP contribution in [-0.2, 0) is 20.7 Å². The molecule has 1 fully saturated rings. The van der Waals surface area contributed by atoms with Crippen LogP contribution in [0.2, 0.25) is 0 Å². The average molecular weight is 530 g/mol. The summed E-state index contributed by atoms with van der Waals surface area (Å²) in [6, 6.07) is 9.98. The second kappa shape index (κ2) is 12.9. The van der Waals surface area contributed by atoms with Gasteiger partial charge in [0.2, 0.25) is 5.91 Å². The molecule has 192 valence electrons. The second-order valence-electron chi connectivity index (χ2n) is 8.54. The number of esters is 1. The summed E-state index contributed by atoms with van der Waals surface area (Å²) in [6.07, 6.45) is 5.50. The molecule has 1 unspecified atom stereocenters. The second-order valence-corrected chi connectivity index (χ2v) is 10.3. The maximum absolute atomic E-state index is 12.7. The first-order valence-electron chi connectivity index (χ1n) is 12.2. The van der Waals surface area contributed by atoms with E-state index in [0.717, 1.165) is 29.6 Å². The lowest BCUT2D eigenvalue weighted by Crippen LogP contribution is -2.20. The molecule has 1 saturated carbocycles. The van der Waals surface area contributed by atoms with Crippen molar-refractivity contribution in [2.45, 2.75) is 69.7 Å². The molecule has 1 aliphatic rings. The van der Waals surface area contributed by atoms with Crippen molar-refractivity contribution in [1.82, 2.24) is 19.7 Å². The van der Waals surface area contributed by atoms with Crippen LogP contribution >= 0.6 is 23.1 Å². The highest BCUT2D eigenvalue weighted by atomic mass is 32.2. The van der Waals surface area contributed by atoms with Crippen molar-refractivity contribution < 1.29 is 19.1 Å². The lowest BCUT2D eigenvalue weighted by Gasteiger charge is -2.27. The molecule has 0 radical (unpaired) electrons. The summed E-state index contributed by atoms with van der Waals surface area (Å²) in [6.45, 7) is 4.07. The van der Waals surface area contributed by atoms with Crippen LogP contribution in [0.1, 0.15) is 69.6 Å². The SMILES string of the molecule is CCOC(=O)Cc1csc(NC(=O)CSc2nnc(C(C)Oc3ccccc3)n2C2CCCCC2)n1. The molecular formula is C25H31N5O4S2. The van der Waals surface area contributed by atoms with Gasteiger partial charge in [-0.3, -0.25) is 14.2 Å². The average Bonchev–Trinajstić information content (AvgIpc) is 3.51. The summed E-state index contributed by atoms with van der Waals surface area (Å²) in [7, 11) is 0. The van der Waals surface area contributed by atoms with E-state index in [4.69, 9.17) is 9.47 Å². The fourth-order valence-corrected chi connectivity index (χ4v) is 5.73. The third-order valence-electron chi connectivity index (χ3n) is 5.81. The minimum absolute atomic E-state index is 0.0888. The monoisotopic (exact) mass is 529 g/mol. The number of carbonyl (C=O) groups excluding carboxylic acids is 2. The number of carbonyl (C=O) groups is 2. The number of anilines is 1. The highest BCUT2D eigenvalue weighted by Gasteiger charge is 2.27. The Morgan fingerprint density at radius 1 is 1.19 bits per heavy atom. The Kier molecular flexibility index (Phi) is 9.35. The molecule has 1 atom stereocenters. The predicted molar refractivity (Wildman–Crippen MR) is 139 cm³/mol. The van der Waals surface area contributed by atoms with Crippen molar-refractivity contribution >= 4 is 40.1 Å². The van der Waals surface area contributed by atoms with Crippen LogP contribution in [0.15, 0.2) is 40.9 Å². The minimum atomic E-state index is -0.334. The molecule has 1 aromatic carbocycles. The number of aromatic nitrogens is 4. The highest BCUT2D eigenvalue weighted by molar-refractivity contribution is 7.99. The van der Waals surface area contributed by atoms with Gasteiger partial charge in [-0.2, -0.15) is 0 Å². The number of nitrogens with zero attached hydrogens (tertiary/aromatic N) is 4. The van der Waals surface area contributed by atoms with Crippen LogP contribution < -0.4 is 10.1 Å². The van der Waals surface area contributed by atoms with Crippen LogP contribution in [-0.4, -0.2) is 44.0 Å². The van der Waals surface area contributed by atoms with E-state index in [1.54, 1.807) is 12.3 Å². The molecule has 11 heteroatoms. The van der Waals surface area contributed by atoms with Gasteiger partial charge in [0.25, 0.3) is 0 Å². The van der Waals surface area contributed by atoms with E-state index in [2.05, 4.69) is 25.1 Å². The number of amides is 1. The van der Waals surface area contributed by atoms with Crippen LogP contribution in [0, 0.1) is 0 Å². The summed E-state index contributed by atoms with van der Waals surface area (Å²) < 4.78 is 13.3. The number of ether oxygens (including phenoxy) is 2. The van der Waals surface area contributed by atoms with E-state index >= 15 is 0 Å². The number of hydrogen-bond acceptors (Lipinski definition) is 9. The van der Waals surface area contributed by atoms with Crippen molar-refractivity contribution in [3.05, 3.63) is 47.2 Å². The summed E-state index contributed by atoms with van der Waals surface area (Å²) in [5, 5.41) is 14.7. The van der Waals surface area contributed by atoms with Gasteiger partial charge in [0, 0.05) is 11.4 Å².